The Morgan fingerprint density at radius 1 is 1.18 bits per heavy atom. The third-order valence-electron chi connectivity index (χ3n) is 6.45. The van der Waals surface area contributed by atoms with Crippen molar-refractivity contribution < 1.29 is 32.3 Å². The average Bonchev–Trinajstić information content (AvgIpc) is 3.16. The number of benzene rings is 1. The molecule has 0 spiro atoms. The molecule has 1 amide bonds. The molecule has 2 aliphatic heterocycles. The molecule has 3 unspecified atom stereocenters. The summed E-state index contributed by atoms with van der Waals surface area (Å²) < 4.78 is 49.5. The predicted octanol–water partition coefficient (Wildman–Crippen LogP) is 3.95. The maximum absolute atomic E-state index is 14.9. The highest BCUT2D eigenvalue weighted by Crippen LogP contribution is 2.35. The molecule has 1 saturated heterocycles. The Morgan fingerprint density at radius 3 is 2.45 bits per heavy atom. The number of fused-ring (bicyclic) bond motifs is 2. The molecule has 12 heteroatoms. The minimum Gasteiger partial charge on any atom is -0.474 e. The monoisotopic (exact) mass is 548 g/mol. The number of carbonyl (C=O) groups is 1. The molecule has 0 radical (unpaired) electrons. The van der Waals surface area contributed by atoms with E-state index < -0.39 is 22.9 Å². The average molecular weight is 549 g/mol. The van der Waals surface area contributed by atoms with Gasteiger partial charge in [-0.25, -0.2) is 19.2 Å². The second kappa shape index (κ2) is 12.6. The molecule has 1 aromatic heterocycles. The molecule has 2 aliphatic rings. The largest absolute Gasteiger partial charge is 0.474 e. The molecule has 10 nitrogen and oxygen atoms in total. The number of piperidine rings is 1. The lowest BCUT2D eigenvalue weighted by Gasteiger charge is -2.38. The molecule has 0 saturated carbocycles. The van der Waals surface area contributed by atoms with Gasteiger partial charge in [-0.2, -0.15) is 0 Å². The number of ether oxygens (including phenoxy) is 4. The van der Waals surface area contributed by atoms with Crippen molar-refractivity contribution in [3.8, 4) is 5.88 Å². The molecule has 206 valence electrons. The number of aromatic nitrogens is 2. The number of nitrogens with zero attached hydrogens (tertiary/aromatic N) is 3. The van der Waals surface area contributed by atoms with Crippen molar-refractivity contribution in [2.24, 2.45) is 0 Å². The van der Waals surface area contributed by atoms with Gasteiger partial charge in [0.05, 0.1) is 30.4 Å². The number of hydrogen-bond acceptors (Lipinski definition) is 9. The van der Waals surface area contributed by atoms with Crippen LogP contribution in [-0.4, -0.2) is 76.2 Å². The highest BCUT2D eigenvalue weighted by molar-refractivity contribution is 7.84. The highest BCUT2D eigenvalue weighted by Gasteiger charge is 2.42. The van der Waals surface area contributed by atoms with Gasteiger partial charge in [0.25, 0.3) is 0 Å². The van der Waals surface area contributed by atoms with E-state index in [2.05, 4.69) is 15.3 Å². The first-order valence-corrected chi connectivity index (χ1v) is 14.1. The summed E-state index contributed by atoms with van der Waals surface area (Å²) in [6, 6.07) is 4.08. The van der Waals surface area contributed by atoms with E-state index in [1.165, 1.54) is 31.8 Å². The second-order valence-corrected chi connectivity index (χ2v) is 10.3. The summed E-state index contributed by atoms with van der Waals surface area (Å²) in [7, 11) is 0.0621. The first kappa shape index (κ1) is 27.9. The minimum absolute atomic E-state index is 0.134. The normalized spacial score (nSPS) is 21.0. The lowest BCUT2D eigenvalue weighted by atomic mass is 9.99. The summed E-state index contributed by atoms with van der Waals surface area (Å²) >= 11 is 0. The Bertz CT molecular complexity index is 1180. The van der Waals surface area contributed by atoms with E-state index in [0.717, 1.165) is 0 Å². The maximum atomic E-state index is 14.9. The van der Waals surface area contributed by atoms with Gasteiger partial charge in [-0.15, -0.1) is 0 Å². The Labute approximate surface area is 224 Å². The van der Waals surface area contributed by atoms with Crippen LogP contribution in [0.4, 0.5) is 20.7 Å². The number of anilines is 2. The Kier molecular flexibility index (Phi) is 9.29. The maximum Gasteiger partial charge on any atom is 0.410 e. The van der Waals surface area contributed by atoms with E-state index >= 15 is 0 Å². The van der Waals surface area contributed by atoms with Gasteiger partial charge in [-0.3, -0.25) is 9.11 Å². The summed E-state index contributed by atoms with van der Waals surface area (Å²) in [6.07, 6.45) is 7.04. The molecule has 2 bridgehead atoms. The van der Waals surface area contributed by atoms with Gasteiger partial charge in [-0.05, 0) is 32.0 Å². The molecule has 3 heterocycles. The lowest BCUT2D eigenvalue weighted by molar-refractivity contribution is -0.134. The Hall–Kier alpha value is -3.09. The second-order valence-electron chi connectivity index (χ2n) is 8.88. The van der Waals surface area contributed by atoms with E-state index in [1.54, 1.807) is 11.0 Å². The number of hydrogen-bond donors (Lipinski definition) is 1. The van der Waals surface area contributed by atoms with Crippen LogP contribution in [0.2, 0.25) is 0 Å². The van der Waals surface area contributed by atoms with Gasteiger partial charge >= 0.3 is 6.09 Å². The van der Waals surface area contributed by atoms with Crippen LogP contribution in [0.1, 0.15) is 32.3 Å². The van der Waals surface area contributed by atoms with Crippen LogP contribution in [0.25, 0.3) is 0 Å². The third kappa shape index (κ3) is 6.30. The van der Waals surface area contributed by atoms with E-state index in [9.17, 15) is 13.4 Å². The Balaban J connectivity index is 1.62. The molecule has 2 aromatic rings. The predicted molar refractivity (Wildman–Crippen MR) is 139 cm³/mol. The number of amides is 1. The van der Waals surface area contributed by atoms with Crippen LogP contribution in [0, 0.1) is 5.82 Å². The van der Waals surface area contributed by atoms with Crippen molar-refractivity contribution in [2.75, 3.05) is 31.9 Å². The van der Waals surface area contributed by atoms with Crippen LogP contribution < -0.4 is 10.1 Å². The quantitative estimate of drug-likeness (QED) is 0.329. The van der Waals surface area contributed by atoms with Crippen LogP contribution in [0.15, 0.2) is 41.6 Å². The number of methoxy groups -OCH3 is 1. The topological polar surface area (TPSA) is 112 Å². The molecule has 4 rings (SSSR count). The SMILES string of the molecule is CCOC(Cc1c(Nc2ccc(S(C)=O)cc2F)ncnc1OC1CC2C=CC(C1)N2C(=O)OC)OCC. The molecular formula is C26H33FN4O6S. The summed E-state index contributed by atoms with van der Waals surface area (Å²) in [6.45, 7) is 4.61. The van der Waals surface area contributed by atoms with Crippen molar-refractivity contribution in [1.82, 2.24) is 14.9 Å². The van der Waals surface area contributed by atoms with Crippen molar-refractivity contribution >= 4 is 28.4 Å². The molecule has 1 fully saturated rings. The van der Waals surface area contributed by atoms with Crippen LogP contribution >= 0.6 is 0 Å². The molecular weight excluding hydrogens is 515 g/mol. The van der Waals surface area contributed by atoms with Crippen LogP contribution in [0.3, 0.4) is 0 Å². The fourth-order valence-corrected chi connectivity index (χ4v) is 5.26. The molecule has 1 aromatic carbocycles. The molecule has 1 N–H and O–H groups in total. The number of carbonyl (C=O) groups excluding carboxylic acids is 1. The first-order valence-electron chi connectivity index (χ1n) is 12.5. The van der Waals surface area contributed by atoms with Gasteiger partial charge in [0.2, 0.25) is 5.88 Å². The summed E-state index contributed by atoms with van der Waals surface area (Å²) in [5, 5.41) is 3.04. The smallest absolute Gasteiger partial charge is 0.410 e. The van der Waals surface area contributed by atoms with E-state index in [0.29, 0.717) is 48.2 Å². The molecule has 38 heavy (non-hydrogen) atoms. The van der Waals surface area contributed by atoms with E-state index in [1.807, 2.05) is 26.0 Å². The van der Waals surface area contributed by atoms with Gasteiger partial charge < -0.3 is 24.3 Å². The summed E-state index contributed by atoms with van der Waals surface area (Å²) in [5.74, 6) is 0.111. The van der Waals surface area contributed by atoms with Gasteiger partial charge in [-0.1, -0.05) is 12.2 Å². The van der Waals surface area contributed by atoms with Crippen LogP contribution in [0.5, 0.6) is 5.88 Å². The molecule has 0 aliphatic carbocycles. The molecule has 3 atom stereocenters. The van der Waals surface area contributed by atoms with Crippen molar-refractivity contribution in [3.63, 3.8) is 0 Å². The minimum atomic E-state index is -1.31. The van der Waals surface area contributed by atoms with Crippen molar-refractivity contribution in [3.05, 3.63) is 48.1 Å². The fourth-order valence-electron chi connectivity index (χ4n) is 4.73. The standard InChI is InChI=1S/C26H33FN4O6S/c1-5-35-23(36-6-2)14-20-24(30-22-10-9-19(38(4)33)13-21(22)27)28-15-29-25(20)37-18-11-16-7-8-17(12-18)31(16)26(32)34-3/h7-10,13,15-18,23H,5-6,11-12,14H2,1-4H3,(H,28,29,30). The summed E-state index contributed by atoms with van der Waals surface area (Å²) in [5.41, 5.74) is 0.737. The van der Waals surface area contributed by atoms with E-state index in [4.69, 9.17) is 18.9 Å². The zero-order chi connectivity index (χ0) is 27.2. The van der Waals surface area contributed by atoms with Gasteiger partial charge in [0, 0.05) is 54.4 Å². The highest BCUT2D eigenvalue weighted by atomic mass is 32.2. The van der Waals surface area contributed by atoms with Crippen LogP contribution in [-0.2, 0) is 31.4 Å². The fraction of sp³-hybridized carbons (Fsp3) is 0.500. The number of halogens is 1. The Morgan fingerprint density at radius 2 is 1.87 bits per heavy atom. The van der Waals surface area contributed by atoms with Gasteiger partial charge in [0.1, 0.15) is 24.1 Å². The zero-order valence-corrected chi connectivity index (χ0v) is 22.7. The first-order chi connectivity index (χ1) is 18.3. The summed E-state index contributed by atoms with van der Waals surface area (Å²) in [4.78, 5) is 23.1. The van der Waals surface area contributed by atoms with E-state index in [-0.39, 0.29) is 36.4 Å². The zero-order valence-electron chi connectivity index (χ0n) is 21.9. The lowest BCUT2D eigenvalue weighted by Crippen LogP contribution is -2.50. The van der Waals surface area contributed by atoms with Gasteiger partial charge in [0.15, 0.2) is 6.29 Å². The number of nitrogens with one attached hydrogen (secondary N) is 1. The van der Waals surface area contributed by atoms with Crippen molar-refractivity contribution in [1.29, 1.82) is 0 Å². The third-order valence-corrected chi connectivity index (χ3v) is 7.37. The van der Waals surface area contributed by atoms with Crippen molar-refractivity contribution in [2.45, 2.75) is 62.5 Å². The number of rotatable bonds is 11.